The molecule has 0 aromatic heterocycles. The minimum atomic E-state index is -0.507. The number of benzene rings is 2. The predicted octanol–water partition coefficient (Wildman–Crippen LogP) is 3.14. The van der Waals surface area contributed by atoms with E-state index in [9.17, 15) is 9.18 Å². The number of rotatable bonds is 7. The van der Waals surface area contributed by atoms with E-state index in [-0.39, 0.29) is 6.61 Å². The summed E-state index contributed by atoms with van der Waals surface area (Å²) in [6.07, 6.45) is 0.319. The van der Waals surface area contributed by atoms with Crippen LogP contribution < -0.4 is 21.7 Å². The van der Waals surface area contributed by atoms with Crippen LogP contribution in [-0.2, 0) is 6.42 Å². The standard InChI is InChI=1S/C17H20BrFN4O2/c18-12-7-14(21-5-4-20)10-15(8-12)22-17(25)23-16-9-13(19)2-1-11(16)3-6-24/h1-2,7-10,21,24H,3-6,20H2,(H2,22,23,25). The van der Waals surface area contributed by atoms with Crippen LogP contribution in [0, 0.1) is 5.82 Å². The fourth-order valence-corrected chi connectivity index (χ4v) is 2.76. The molecule has 25 heavy (non-hydrogen) atoms. The van der Waals surface area contributed by atoms with Crippen molar-refractivity contribution in [3.05, 3.63) is 52.3 Å². The molecule has 2 rings (SSSR count). The SMILES string of the molecule is NCCNc1cc(Br)cc(NC(=O)Nc2cc(F)ccc2CCO)c1. The number of nitrogens with two attached hydrogens (primary N) is 1. The zero-order valence-electron chi connectivity index (χ0n) is 13.5. The molecule has 6 nitrogen and oxygen atoms in total. The Kier molecular flexibility index (Phi) is 7.17. The maximum atomic E-state index is 13.4. The third-order valence-electron chi connectivity index (χ3n) is 3.33. The molecule has 0 atom stereocenters. The van der Waals surface area contributed by atoms with Crippen LogP contribution in [0.2, 0.25) is 0 Å². The molecule has 8 heteroatoms. The van der Waals surface area contributed by atoms with Gasteiger partial charge in [0.1, 0.15) is 5.82 Å². The highest BCUT2D eigenvalue weighted by atomic mass is 79.9. The molecule has 0 heterocycles. The number of urea groups is 1. The maximum Gasteiger partial charge on any atom is 0.323 e. The fourth-order valence-electron chi connectivity index (χ4n) is 2.27. The van der Waals surface area contributed by atoms with Crippen molar-refractivity contribution in [3.63, 3.8) is 0 Å². The van der Waals surface area contributed by atoms with E-state index in [4.69, 9.17) is 10.8 Å². The second kappa shape index (κ2) is 9.36. The lowest BCUT2D eigenvalue weighted by molar-refractivity contribution is 0.262. The number of aliphatic hydroxyl groups excluding tert-OH is 1. The van der Waals surface area contributed by atoms with Gasteiger partial charge in [-0.15, -0.1) is 0 Å². The van der Waals surface area contributed by atoms with Gasteiger partial charge in [-0.1, -0.05) is 22.0 Å². The lowest BCUT2D eigenvalue weighted by Crippen LogP contribution is -2.21. The summed E-state index contributed by atoms with van der Waals surface area (Å²) in [5.74, 6) is -0.465. The smallest absolute Gasteiger partial charge is 0.323 e. The fraction of sp³-hybridized carbons (Fsp3) is 0.235. The van der Waals surface area contributed by atoms with Gasteiger partial charge in [-0.25, -0.2) is 9.18 Å². The van der Waals surface area contributed by atoms with Gasteiger partial charge in [0.2, 0.25) is 0 Å². The second-order valence-corrected chi connectivity index (χ2v) is 6.21. The lowest BCUT2D eigenvalue weighted by Gasteiger charge is -2.13. The van der Waals surface area contributed by atoms with Crippen molar-refractivity contribution in [3.8, 4) is 0 Å². The molecule has 0 aliphatic carbocycles. The first kappa shape index (κ1) is 19.2. The summed E-state index contributed by atoms with van der Waals surface area (Å²) in [5, 5.41) is 17.5. The number of anilines is 3. The summed E-state index contributed by atoms with van der Waals surface area (Å²) >= 11 is 3.38. The Labute approximate surface area is 153 Å². The van der Waals surface area contributed by atoms with E-state index in [1.165, 1.54) is 18.2 Å². The van der Waals surface area contributed by atoms with Crippen molar-refractivity contribution in [2.45, 2.75) is 6.42 Å². The molecular weight excluding hydrogens is 391 g/mol. The molecular formula is C17H20BrFN4O2. The van der Waals surface area contributed by atoms with Crippen LogP contribution in [-0.4, -0.2) is 30.8 Å². The molecule has 0 radical (unpaired) electrons. The van der Waals surface area contributed by atoms with Crippen molar-refractivity contribution >= 4 is 39.0 Å². The number of hydrogen-bond acceptors (Lipinski definition) is 4. The van der Waals surface area contributed by atoms with Crippen molar-refractivity contribution in [1.29, 1.82) is 0 Å². The number of hydrogen-bond donors (Lipinski definition) is 5. The molecule has 0 spiro atoms. The minimum Gasteiger partial charge on any atom is -0.396 e. The summed E-state index contributed by atoms with van der Waals surface area (Å²) < 4.78 is 14.2. The van der Waals surface area contributed by atoms with Gasteiger partial charge in [-0.05, 0) is 42.3 Å². The summed E-state index contributed by atoms with van der Waals surface area (Å²) in [4.78, 5) is 12.2. The van der Waals surface area contributed by atoms with Crippen LogP contribution in [0.4, 0.5) is 26.2 Å². The Morgan fingerprint density at radius 3 is 2.64 bits per heavy atom. The lowest BCUT2D eigenvalue weighted by atomic mass is 10.1. The first-order valence-corrected chi connectivity index (χ1v) is 8.53. The van der Waals surface area contributed by atoms with Crippen LogP contribution in [0.25, 0.3) is 0 Å². The topological polar surface area (TPSA) is 99.4 Å². The minimum absolute atomic E-state index is 0.0935. The number of aliphatic hydroxyl groups is 1. The van der Waals surface area contributed by atoms with Crippen LogP contribution in [0.3, 0.4) is 0 Å². The van der Waals surface area contributed by atoms with E-state index in [0.717, 1.165) is 10.2 Å². The summed E-state index contributed by atoms with van der Waals surface area (Å²) in [6.45, 7) is 1.00. The molecule has 0 aliphatic heterocycles. The van der Waals surface area contributed by atoms with E-state index < -0.39 is 11.8 Å². The molecule has 2 amide bonds. The highest BCUT2D eigenvalue weighted by molar-refractivity contribution is 9.10. The number of halogens is 2. The normalized spacial score (nSPS) is 10.4. The van der Waals surface area contributed by atoms with Gasteiger partial charge in [0.15, 0.2) is 0 Å². The Hall–Kier alpha value is -2.16. The van der Waals surface area contributed by atoms with E-state index in [0.29, 0.717) is 36.4 Å². The molecule has 134 valence electrons. The van der Waals surface area contributed by atoms with Gasteiger partial charge in [-0.3, -0.25) is 0 Å². The zero-order chi connectivity index (χ0) is 18.2. The van der Waals surface area contributed by atoms with Gasteiger partial charge >= 0.3 is 6.03 Å². The molecule has 6 N–H and O–H groups in total. The Balaban J connectivity index is 2.10. The van der Waals surface area contributed by atoms with Crippen molar-refractivity contribution in [1.82, 2.24) is 0 Å². The summed E-state index contributed by atoms with van der Waals surface area (Å²) in [6, 6.07) is 8.91. The molecule has 0 fully saturated rings. The third-order valence-corrected chi connectivity index (χ3v) is 3.79. The van der Waals surface area contributed by atoms with Crippen LogP contribution in [0.1, 0.15) is 5.56 Å². The van der Waals surface area contributed by atoms with Gasteiger partial charge in [-0.2, -0.15) is 0 Å². The quantitative estimate of drug-likeness (QED) is 0.484. The number of carbonyl (C=O) groups excluding carboxylic acids is 1. The summed E-state index contributed by atoms with van der Waals surface area (Å²) in [5.41, 5.74) is 7.81. The first-order valence-electron chi connectivity index (χ1n) is 7.73. The molecule has 0 saturated carbocycles. The van der Waals surface area contributed by atoms with E-state index in [2.05, 4.69) is 31.9 Å². The van der Waals surface area contributed by atoms with Crippen LogP contribution >= 0.6 is 15.9 Å². The largest absolute Gasteiger partial charge is 0.396 e. The van der Waals surface area contributed by atoms with Gasteiger partial charge in [0.25, 0.3) is 0 Å². The van der Waals surface area contributed by atoms with Gasteiger partial charge < -0.3 is 26.8 Å². The van der Waals surface area contributed by atoms with E-state index in [1.807, 2.05) is 6.07 Å². The summed E-state index contributed by atoms with van der Waals surface area (Å²) in [7, 11) is 0. The average molecular weight is 411 g/mol. The van der Waals surface area contributed by atoms with Crippen LogP contribution in [0.5, 0.6) is 0 Å². The van der Waals surface area contributed by atoms with Crippen LogP contribution in [0.15, 0.2) is 40.9 Å². The molecule has 2 aromatic rings. The zero-order valence-corrected chi connectivity index (χ0v) is 15.1. The number of carbonyl (C=O) groups is 1. The first-order chi connectivity index (χ1) is 12.0. The number of nitrogens with one attached hydrogen (secondary N) is 3. The monoisotopic (exact) mass is 410 g/mol. The molecule has 0 saturated heterocycles. The van der Waals surface area contributed by atoms with E-state index in [1.54, 1.807) is 12.1 Å². The van der Waals surface area contributed by atoms with Crippen molar-refractivity contribution < 1.29 is 14.3 Å². The molecule has 0 aliphatic rings. The van der Waals surface area contributed by atoms with Gasteiger partial charge in [0.05, 0.1) is 0 Å². The number of amides is 2. The average Bonchev–Trinajstić information content (AvgIpc) is 2.55. The highest BCUT2D eigenvalue weighted by Gasteiger charge is 2.09. The molecule has 2 aromatic carbocycles. The Morgan fingerprint density at radius 1 is 1.16 bits per heavy atom. The highest BCUT2D eigenvalue weighted by Crippen LogP contribution is 2.24. The van der Waals surface area contributed by atoms with Crippen molar-refractivity contribution in [2.24, 2.45) is 5.73 Å². The van der Waals surface area contributed by atoms with E-state index >= 15 is 0 Å². The molecule has 0 unspecified atom stereocenters. The van der Waals surface area contributed by atoms with Gasteiger partial charge in [0, 0.05) is 41.2 Å². The maximum absolute atomic E-state index is 13.4. The second-order valence-electron chi connectivity index (χ2n) is 5.30. The molecule has 0 bridgehead atoms. The Morgan fingerprint density at radius 2 is 1.92 bits per heavy atom. The van der Waals surface area contributed by atoms with Crippen molar-refractivity contribution in [2.75, 3.05) is 35.6 Å². The third kappa shape index (κ3) is 6.00. The predicted molar refractivity (Wildman–Crippen MR) is 102 cm³/mol. The Bertz CT molecular complexity index is 743.